The van der Waals surface area contributed by atoms with Gasteiger partial charge in [0.25, 0.3) is 0 Å². The minimum atomic E-state index is 0.689. The molecule has 144 valence electrons. The number of hydrogen-bond donors (Lipinski definition) is 0. The molecule has 1 atom stereocenters. The van der Waals surface area contributed by atoms with Gasteiger partial charge in [-0.15, -0.1) is 0 Å². The van der Waals surface area contributed by atoms with Gasteiger partial charge in [0.15, 0.2) is 0 Å². The third kappa shape index (κ3) is 4.63. The molecule has 0 saturated carbocycles. The first-order valence-corrected chi connectivity index (χ1v) is 10.1. The molecule has 2 aromatic carbocycles. The van der Waals surface area contributed by atoms with Crippen LogP contribution < -0.4 is 9.47 Å². The van der Waals surface area contributed by atoms with Crippen molar-refractivity contribution in [2.24, 2.45) is 5.92 Å². The lowest BCUT2D eigenvalue weighted by atomic mass is 9.96. The van der Waals surface area contributed by atoms with E-state index in [9.17, 15) is 0 Å². The Kier molecular flexibility index (Phi) is 5.95. The predicted molar refractivity (Wildman–Crippen MR) is 108 cm³/mol. The van der Waals surface area contributed by atoms with Crippen molar-refractivity contribution in [3.63, 3.8) is 0 Å². The van der Waals surface area contributed by atoms with E-state index in [0.29, 0.717) is 5.92 Å². The van der Waals surface area contributed by atoms with Gasteiger partial charge in [-0.05, 0) is 36.5 Å². The van der Waals surface area contributed by atoms with Gasteiger partial charge < -0.3 is 14.4 Å². The van der Waals surface area contributed by atoms with E-state index in [1.807, 2.05) is 6.07 Å². The van der Waals surface area contributed by atoms with Crippen LogP contribution in [0.5, 0.6) is 11.5 Å². The largest absolute Gasteiger partial charge is 0.496 e. The predicted octanol–water partition coefficient (Wildman–Crippen LogP) is 3.45. The van der Waals surface area contributed by atoms with E-state index in [4.69, 9.17) is 9.47 Å². The van der Waals surface area contributed by atoms with Crippen LogP contribution in [0, 0.1) is 5.92 Å². The molecule has 2 aliphatic rings. The number of hydrogen-bond acceptors (Lipinski definition) is 4. The van der Waals surface area contributed by atoms with E-state index in [-0.39, 0.29) is 0 Å². The molecule has 1 fully saturated rings. The van der Waals surface area contributed by atoms with Crippen molar-refractivity contribution in [1.29, 1.82) is 0 Å². The molecule has 0 radical (unpaired) electrons. The van der Waals surface area contributed by atoms with Gasteiger partial charge >= 0.3 is 0 Å². The molecule has 27 heavy (non-hydrogen) atoms. The molecule has 1 saturated heterocycles. The Bertz CT molecular complexity index is 741. The molecule has 0 N–H and O–H groups in total. The Morgan fingerprint density at radius 3 is 2.56 bits per heavy atom. The van der Waals surface area contributed by atoms with Gasteiger partial charge in [0.2, 0.25) is 0 Å². The van der Waals surface area contributed by atoms with Gasteiger partial charge in [-0.25, -0.2) is 0 Å². The first-order valence-electron chi connectivity index (χ1n) is 10.1. The quantitative estimate of drug-likeness (QED) is 0.809. The molecule has 4 nitrogen and oxygen atoms in total. The number of para-hydroxylation sites is 2. The molecule has 0 aliphatic carbocycles. The highest BCUT2D eigenvalue weighted by atomic mass is 16.5. The highest BCUT2D eigenvalue weighted by molar-refractivity contribution is 5.34. The third-order valence-corrected chi connectivity index (χ3v) is 5.83. The van der Waals surface area contributed by atoms with E-state index >= 15 is 0 Å². The van der Waals surface area contributed by atoms with Crippen molar-refractivity contribution in [2.75, 3.05) is 46.4 Å². The minimum Gasteiger partial charge on any atom is -0.496 e. The summed E-state index contributed by atoms with van der Waals surface area (Å²) in [4.78, 5) is 5.18. The highest BCUT2D eigenvalue weighted by Gasteiger charge is 2.23. The van der Waals surface area contributed by atoms with E-state index < -0.39 is 0 Å². The van der Waals surface area contributed by atoms with Crippen molar-refractivity contribution in [2.45, 2.75) is 19.4 Å². The van der Waals surface area contributed by atoms with Gasteiger partial charge in [0, 0.05) is 44.8 Å². The molecule has 4 rings (SSSR count). The molecule has 2 aliphatic heterocycles. The van der Waals surface area contributed by atoms with Crippen LogP contribution >= 0.6 is 0 Å². The molecule has 2 heterocycles. The molecule has 0 bridgehead atoms. The first kappa shape index (κ1) is 18.3. The molecule has 0 unspecified atom stereocenters. The summed E-state index contributed by atoms with van der Waals surface area (Å²) in [5, 5.41) is 0. The summed E-state index contributed by atoms with van der Waals surface area (Å²) in [6.07, 6.45) is 2.29. The summed E-state index contributed by atoms with van der Waals surface area (Å²) in [6, 6.07) is 16.9. The maximum absolute atomic E-state index is 5.93. The molecule has 0 amide bonds. The van der Waals surface area contributed by atoms with E-state index in [2.05, 4.69) is 52.3 Å². The van der Waals surface area contributed by atoms with Crippen LogP contribution in [0.2, 0.25) is 0 Å². The molecule has 4 heteroatoms. The summed E-state index contributed by atoms with van der Waals surface area (Å²) in [6.45, 7) is 7.54. The van der Waals surface area contributed by atoms with Gasteiger partial charge in [0.05, 0.1) is 13.7 Å². The van der Waals surface area contributed by atoms with Crippen molar-refractivity contribution in [3.8, 4) is 11.5 Å². The number of ether oxygens (including phenoxy) is 2. The fourth-order valence-corrected chi connectivity index (χ4v) is 4.29. The van der Waals surface area contributed by atoms with Gasteiger partial charge in [-0.1, -0.05) is 36.4 Å². The topological polar surface area (TPSA) is 24.9 Å². The Morgan fingerprint density at radius 2 is 1.70 bits per heavy atom. The van der Waals surface area contributed by atoms with Crippen LogP contribution in [0.4, 0.5) is 0 Å². The Morgan fingerprint density at radius 1 is 0.963 bits per heavy atom. The number of methoxy groups -OCH3 is 1. The molecular formula is C23H30N2O2. The number of rotatable bonds is 5. The van der Waals surface area contributed by atoms with Crippen molar-refractivity contribution >= 4 is 0 Å². The van der Waals surface area contributed by atoms with Crippen LogP contribution in [0.25, 0.3) is 0 Å². The second kappa shape index (κ2) is 8.77. The lowest BCUT2D eigenvalue weighted by Gasteiger charge is -2.36. The molecule has 0 spiro atoms. The first-order chi connectivity index (χ1) is 13.3. The van der Waals surface area contributed by atoms with Gasteiger partial charge in [-0.2, -0.15) is 0 Å². The number of benzene rings is 2. The summed E-state index contributed by atoms with van der Waals surface area (Å²) in [5.74, 6) is 2.77. The van der Waals surface area contributed by atoms with E-state index in [0.717, 1.165) is 63.7 Å². The summed E-state index contributed by atoms with van der Waals surface area (Å²) in [7, 11) is 1.76. The lowest BCUT2D eigenvalue weighted by Crippen LogP contribution is -2.47. The van der Waals surface area contributed by atoms with Crippen LogP contribution in [0.15, 0.2) is 48.5 Å². The Hall–Kier alpha value is -2.04. The van der Waals surface area contributed by atoms with Crippen molar-refractivity contribution < 1.29 is 9.47 Å². The van der Waals surface area contributed by atoms with Gasteiger partial charge in [-0.3, -0.25) is 4.90 Å². The monoisotopic (exact) mass is 366 g/mol. The SMILES string of the molecule is COc1ccccc1CN1CCN(C[C@@H]2CCOc3ccccc3C2)CC1. The van der Waals surface area contributed by atoms with Gasteiger partial charge in [0.1, 0.15) is 11.5 Å². The summed E-state index contributed by atoms with van der Waals surface area (Å²) >= 11 is 0. The van der Waals surface area contributed by atoms with Crippen LogP contribution in [-0.4, -0.2) is 56.2 Å². The zero-order valence-corrected chi connectivity index (χ0v) is 16.3. The zero-order chi connectivity index (χ0) is 18.5. The maximum atomic E-state index is 5.93. The third-order valence-electron chi connectivity index (χ3n) is 5.83. The summed E-state index contributed by atoms with van der Waals surface area (Å²) in [5.41, 5.74) is 2.65. The second-order valence-corrected chi connectivity index (χ2v) is 7.70. The van der Waals surface area contributed by atoms with E-state index in [1.54, 1.807) is 7.11 Å². The fourth-order valence-electron chi connectivity index (χ4n) is 4.29. The lowest BCUT2D eigenvalue weighted by molar-refractivity contribution is 0.109. The zero-order valence-electron chi connectivity index (χ0n) is 16.3. The Balaban J connectivity index is 1.28. The van der Waals surface area contributed by atoms with Crippen molar-refractivity contribution in [1.82, 2.24) is 9.80 Å². The standard InChI is InChI=1S/C23H30N2O2/c1-26-22-8-4-3-7-21(22)18-25-13-11-24(12-14-25)17-19-10-15-27-23-9-5-2-6-20(23)16-19/h2-9,19H,10-18H2,1H3/t19-/m1/s1. The minimum absolute atomic E-state index is 0.689. The van der Waals surface area contributed by atoms with Crippen LogP contribution in [0.1, 0.15) is 17.5 Å². The van der Waals surface area contributed by atoms with Crippen LogP contribution in [0.3, 0.4) is 0 Å². The summed E-state index contributed by atoms with van der Waals surface area (Å²) < 4.78 is 11.4. The van der Waals surface area contributed by atoms with Crippen molar-refractivity contribution in [3.05, 3.63) is 59.7 Å². The maximum Gasteiger partial charge on any atom is 0.123 e. The molecule has 2 aromatic rings. The number of nitrogens with zero attached hydrogens (tertiary/aromatic N) is 2. The molecular weight excluding hydrogens is 336 g/mol. The second-order valence-electron chi connectivity index (χ2n) is 7.70. The fraction of sp³-hybridized carbons (Fsp3) is 0.478. The van der Waals surface area contributed by atoms with E-state index in [1.165, 1.54) is 17.7 Å². The highest BCUT2D eigenvalue weighted by Crippen LogP contribution is 2.27. The number of piperazine rings is 1. The smallest absolute Gasteiger partial charge is 0.123 e. The average molecular weight is 367 g/mol. The van der Waals surface area contributed by atoms with Crippen LogP contribution in [-0.2, 0) is 13.0 Å². The average Bonchev–Trinajstić information content (AvgIpc) is 2.91. The molecule has 0 aromatic heterocycles. The normalized spacial score (nSPS) is 21.1. The number of fused-ring (bicyclic) bond motifs is 1. The Labute approximate surface area is 162 Å².